The van der Waals surface area contributed by atoms with Crippen molar-refractivity contribution in [3.05, 3.63) is 48.3 Å². The molecular weight excluding hydrogens is 222 g/mol. The second-order valence-electron chi connectivity index (χ2n) is 4.12. The highest BCUT2D eigenvalue weighted by Gasteiger charge is 2.07. The minimum atomic E-state index is 0.0701. The lowest BCUT2D eigenvalue weighted by Gasteiger charge is -2.11. The predicted octanol–water partition coefficient (Wildman–Crippen LogP) is 3.49. The molecule has 0 spiro atoms. The molecule has 0 saturated carbocycles. The van der Waals surface area contributed by atoms with E-state index in [1.165, 1.54) is 0 Å². The Morgan fingerprint density at radius 2 is 1.89 bits per heavy atom. The van der Waals surface area contributed by atoms with Crippen molar-refractivity contribution in [1.29, 1.82) is 0 Å². The molecular formula is C16H15NO. The van der Waals surface area contributed by atoms with Gasteiger partial charge in [0.15, 0.2) is 0 Å². The van der Waals surface area contributed by atoms with Crippen LogP contribution < -0.4 is 4.74 Å². The zero-order valence-corrected chi connectivity index (χ0v) is 10.6. The molecule has 0 N–H and O–H groups in total. The molecule has 0 amide bonds. The summed E-state index contributed by atoms with van der Waals surface area (Å²) < 4.78 is 5.33. The number of pyridine rings is 1. The second kappa shape index (κ2) is 5.37. The van der Waals surface area contributed by atoms with Gasteiger partial charge in [-0.05, 0) is 53.9 Å². The normalized spacial score (nSPS) is 11.6. The summed E-state index contributed by atoms with van der Waals surface area (Å²) in [5, 5.41) is 0. The highest BCUT2D eigenvalue weighted by atomic mass is 16.5. The maximum absolute atomic E-state index is 5.48. The molecule has 1 heterocycles. The number of nitrogens with zero attached hydrogens (tertiary/aromatic N) is 1. The van der Waals surface area contributed by atoms with Crippen LogP contribution in [-0.2, 0) is 0 Å². The maximum atomic E-state index is 5.48. The van der Waals surface area contributed by atoms with E-state index in [2.05, 4.69) is 17.0 Å². The van der Waals surface area contributed by atoms with E-state index in [0.29, 0.717) is 0 Å². The zero-order valence-electron chi connectivity index (χ0n) is 10.6. The van der Waals surface area contributed by atoms with Crippen molar-refractivity contribution in [3.8, 4) is 29.2 Å². The van der Waals surface area contributed by atoms with Gasteiger partial charge in [-0.2, -0.15) is 0 Å². The largest absolute Gasteiger partial charge is 0.497 e. The van der Waals surface area contributed by atoms with Crippen molar-refractivity contribution < 1.29 is 4.74 Å². The first-order valence-corrected chi connectivity index (χ1v) is 5.80. The molecule has 18 heavy (non-hydrogen) atoms. The fourth-order valence-electron chi connectivity index (χ4n) is 1.80. The van der Waals surface area contributed by atoms with Crippen LogP contribution in [0.4, 0.5) is 0 Å². The van der Waals surface area contributed by atoms with E-state index in [9.17, 15) is 0 Å². The SMILES string of the molecule is C#C[C@@H](C)c1cc(OC)cc(-c2ccncc2)c1. The molecule has 2 aromatic rings. The molecule has 2 heteroatoms. The average molecular weight is 237 g/mol. The lowest BCUT2D eigenvalue weighted by atomic mass is 9.96. The molecule has 1 aromatic carbocycles. The summed E-state index contributed by atoms with van der Waals surface area (Å²) in [7, 11) is 1.66. The van der Waals surface area contributed by atoms with Gasteiger partial charge in [0.25, 0.3) is 0 Å². The van der Waals surface area contributed by atoms with Gasteiger partial charge in [0.1, 0.15) is 5.75 Å². The van der Waals surface area contributed by atoms with E-state index in [0.717, 1.165) is 22.4 Å². The van der Waals surface area contributed by atoms with Crippen molar-refractivity contribution in [1.82, 2.24) is 4.98 Å². The first kappa shape index (κ1) is 12.2. The molecule has 0 unspecified atom stereocenters. The van der Waals surface area contributed by atoms with Crippen LogP contribution in [0.5, 0.6) is 5.75 Å². The van der Waals surface area contributed by atoms with Crippen molar-refractivity contribution in [3.63, 3.8) is 0 Å². The van der Waals surface area contributed by atoms with Crippen LogP contribution in [0.3, 0.4) is 0 Å². The van der Waals surface area contributed by atoms with Crippen LogP contribution in [0.15, 0.2) is 42.7 Å². The van der Waals surface area contributed by atoms with Crippen LogP contribution >= 0.6 is 0 Å². The lowest BCUT2D eigenvalue weighted by molar-refractivity contribution is 0.414. The van der Waals surface area contributed by atoms with Gasteiger partial charge < -0.3 is 4.74 Å². The summed E-state index contributed by atoms with van der Waals surface area (Å²) >= 11 is 0. The fourth-order valence-corrected chi connectivity index (χ4v) is 1.80. The second-order valence-corrected chi connectivity index (χ2v) is 4.12. The molecule has 1 atom stereocenters. The number of methoxy groups -OCH3 is 1. The number of aromatic nitrogens is 1. The Morgan fingerprint density at radius 1 is 1.17 bits per heavy atom. The van der Waals surface area contributed by atoms with Gasteiger partial charge in [-0.25, -0.2) is 0 Å². The third-order valence-corrected chi connectivity index (χ3v) is 2.93. The van der Waals surface area contributed by atoms with Crippen molar-refractivity contribution in [2.24, 2.45) is 0 Å². The molecule has 0 radical (unpaired) electrons. The molecule has 90 valence electrons. The molecule has 0 fully saturated rings. The van der Waals surface area contributed by atoms with Gasteiger partial charge >= 0.3 is 0 Å². The number of hydrogen-bond donors (Lipinski definition) is 0. The Kier molecular flexibility index (Phi) is 3.64. The first-order chi connectivity index (χ1) is 8.74. The standard InChI is InChI=1S/C16H15NO/c1-4-12(2)14-9-15(11-16(10-14)18-3)13-5-7-17-8-6-13/h1,5-12H,2-3H3/t12-/m1/s1. The van der Waals surface area contributed by atoms with Crippen molar-refractivity contribution >= 4 is 0 Å². The molecule has 0 aliphatic carbocycles. The van der Waals surface area contributed by atoms with Crippen LogP contribution in [0.25, 0.3) is 11.1 Å². The quantitative estimate of drug-likeness (QED) is 0.762. The summed E-state index contributed by atoms with van der Waals surface area (Å²) in [4.78, 5) is 4.02. The molecule has 0 saturated heterocycles. The topological polar surface area (TPSA) is 22.1 Å². The van der Waals surface area contributed by atoms with E-state index < -0.39 is 0 Å². The van der Waals surface area contributed by atoms with E-state index in [-0.39, 0.29) is 5.92 Å². The summed E-state index contributed by atoms with van der Waals surface area (Å²) in [6.45, 7) is 2.01. The summed E-state index contributed by atoms with van der Waals surface area (Å²) in [6.07, 6.45) is 9.04. The number of rotatable bonds is 3. The molecule has 2 nitrogen and oxygen atoms in total. The van der Waals surface area contributed by atoms with Gasteiger partial charge in [0.05, 0.1) is 7.11 Å². The number of terminal acetylenes is 1. The molecule has 2 rings (SSSR count). The Balaban J connectivity index is 2.52. The highest BCUT2D eigenvalue weighted by molar-refractivity contribution is 5.66. The third kappa shape index (κ3) is 2.52. The third-order valence-electron chi connectivity index (χ3n) is 2.93. The minimum Gasteiger partial charge on any atom is -0.497 e. The molecule has 0 aliphatic rings. The Morgan fingerprint density at radius 3 is 2.50 bits per heavy atom. The van der Waals surface area contributed by atoms with E-state index in [1.54, 1.807) is 19.5 Å². The summed E-state index contributed by atoms with van der Waals surface area (Å²) in [5.41, 5.74) is 3.28. The monoisotopic (exact) mass is 237 g/mol. The molecule has 0 bridgehead atoms. The van der Waals surface area contributed by atoms with Crippen LogP contribution in [0, 0.1) is 12.3 Å². The maximum Gasteiger partial charge on any atom is 0.119 e. The highest BCUT2D eigenvalue weighted by Crippen LogP contribution is 2.28. The molecule has 1 aromatic heterocycles. The van der Waals surface area contributed by atoms with Crippen LogP contribution in [0.1, 0.15) is 18.4 Å². The first-order valence-electron chi connectivity index (χ1n) is 5.80. The Labute approximate surface area is 108 Å². The predicted molar refractivity (Wildman–Crippen MR) is 73.5 cm³/mol. The van der Waals surface area contributed by atoms with Crippen LogP contribution in [-0.4, -0.2) is 12.1 Å². The lowest BCUT2D eigenvalue weighted by Crippen LogP contribution is -1.93. The van der Waals surface area contributed by atoms with Gasteiger partial charge in [-0.3, -0.25) is 4.98 Å². The fraction of sp³-hybridized carbons (Fsp3) is 0.188. The smallest absolute Gasteiger partial charge is 0.119 e. The van der Waals surface area contributed by atoms with Gasteiger partial charge in [0.2, 0.25) is 0 Å². The Bertz CT molecular complexity index is 569. The molecule has 0 aliphatic heterocycles. The van der Waals surface area contributed by atoms with Gasteiger partial charge in [-0.1, -0.05) is 5.92 Å². The zero-order chi connectivity index (χ0) is 13.0. The van der Waals surface area contributed by atoms with Crippen molar-refractivity contribution in [2.75, 3.05) is 7.11 Å². The summed E-state index contributed by atoms with van der Waals surface area (Å²) in [6, 6.07) is 10.0. The minimum absolute atomic E-state index is 0.0701. The van der Waals surface area contributed by atoms with Crippen LogP contribution in [0.2, 0.25) is 0 Å². The number of benzene rings is 1. The van der Waals surface area contributed by atoms with Gasteiger partial charge in [-0.15, -0.1) is 6.42 Å². The van der Waals surface area contributed by atoms with E-state index in [4.69, 9.17) is 11.2 Å². The average Bonchev–Trinajstić information content (AvgIpc) is 2.46. The summed E-state index contributed by atoms with van der Waals surface area (Å²) in [5.74, 6) is 3.63. The number of hydrogen-bond acceptors (Lipinski definition) is 2. The van der Waals surface area contributed by atoms with Gasteiger partial charge in [0, 0.05) is 18.3 Å². The van der Waals surface area contributed by atoms with E-state index >= 15 is 0 Å². The Hall–Kier alpha value is -2.27. The van der Waals surface area contributed by atoms with E-state index in [1.807, 2.05) is 31.2 Å². The number of ether oxygens (including phenoxy) is 1. The van der Waals surface area contributed by atoms with Crippen molar-refractivity contribution in [2.45, 2.75) is 12.8 Å².